The van der Waals surface area contributed by atoms with Crippen LogP contribution in [0, 0.1) is 5.82 Å². The van der Waals surface area contributed by atoms with Crippen molar-refractivity contribution in [2.24, 2.45) is 0 Å². The molecule has 1 aliphatic rings. The highest BCUT2D eigenvalue weighted by Gasteiger charge is 2.18. The Bertz CT molecular complexity index is 583. The van der Waals surface area contributed by atoms with Gasteiger partial charge in [0, 0.05) is 18.6 Å². The molecule has 1 aromatic heterocycles. The van der Waals surface area contributed by atoms with Gasteiger partial charge < -0.3 is 19.7 Å². The van der Waals surface area contributed by atoms with Gasteiger partial charge in [0.25, 0.3) is 0 Å². The Balaban J connectivity index is 2.08. The number of hydrogen-bond donors (Lipinski definition) is 1. The third kappa shape index (κ3) is 1.85. The van der Waals surface area contributed by atoms with Gasteiger partial charge in [0.2, 0.25) is 0 Å². The molecule has 0 saturated heterocycles. The molecule has 5 nitrogen and oxygen atoms in total. The lowest BCUT2D eigenvalue weighted by molar-refractivity contribution is 0.296. The third-order valence-corrected chi connectivity index (χ3v) is 2.63. The lowest BCUT2D eigenvalue weighted by Crippen LogP contribution is -1.97. The number of nitrogens with zero attached hydrogens (tertiary/aromatic N) is 1. The molecule has 2 aromatic rings. The Morgan fingerprint density at radius 1 is 1.11 bits per heavy atom. The van der Waals surface area contributed by atoms with Crippen molar-refractivity contribution < 1.29 is 18.4 Å². The second kappa shape index (κ2) is 4.21. The van der Waals surface area contributed by atoms with Gasteiger partial charge in [-0.2, -0.15) is 0 Å². The van der Waals surface area contributed by atoms with E-state index in [0.717, 1.165) is 6.42 Å². The van der Waals surface area contributed by atoms with Gasteiger partial charge >= 0.3 is 0 Å². The summed E-state index contributed by atoms with van der Waals surface area (Å²) in [5, 5.41) is 3.53. The predicted molar refractivity (Wildman–Crippen MR) is 61.9 cm³/mol. The molecule has 18 heavy (non-hydrogen) atoms. The van der Waals surface area contributed by atoms with Crippen LogP contribution in [0.15, 0.2) is 22.7 Å². The Labute approximate surface area is 102 Å². The molecule has 0 fully saturated rings. The monoisotopic (exact) mass is 250 g/mol. The number of ether oxygens (including phenoxy) is 2. The van der Waals surface area contributed by atoms with Crippen LogP contribution in [-0.4, -0.2) is 18.4 Å². The summed E-state index contributed by atoms with van der Waals surface area (Å²) in [7, 11) is 0. The van der Waals surface area contributed by atoms with Crippen molar-refractivity contribution in [2.45, 2.75) is 6.42 Å². The van der Waals surface area contributed by atoms with E-state index in [-0.39, 0.29) is 17.1 Å². The fourth-order valence-electron chi connectivity index (χ4n) is 1.79. The molecule has 0 bridgehead atoms. The van der Waals surface area contributed by atoms with Gasteiger partial charge in [-0.15, -0.1) is 0 Å². The zero-order valence-electron chi connectivity index (χ0n) is 9.48. The molecule has 1 aromatic carbocycles. The molecule has 0 radical (unpaired) electrons. The summed E-state index contributed by atoms with van der Waals surface area (Å²) in [5.41, 5.74) is 5.70. The first-order chi connectivity index (χ1) is 8.74. The van der Waals surface area contributed by atoms with Gasteiger partial charge in [0.1, 0.15) is 5.82 Å². The topological polar surface area (TPSA) is 70.5 Å². The number of fused-ring (bicyclic) bond motifs is 1. The first-order valence-electron chi connectivity index (χ1n) is 5.56. The molecular formula is C12H11FN2O3. The fourth-order valence-corrected chi connectivity index (χ4v) is 1.79. The van der Waals surface area contributed by atoms with Gasteiger partial charge in [-0.1, -0.05) is 5.16 Å². The fraction of sp³-hybridized carbons (Fsp3) is 0.250. The Morgan fingerprint density at radius 3 is 2.50 bits per heavy atom. The molecule has 6 heteroatoms. The summed E-state index contributed by atoms with van der Waals surface area (Å²) >= 11 is 0. The number of nitrogens with two attached hydrogens (primary N) is 1. The van der Waals surface area contributed by atoms with E-state index in [4.69, 9.17) is 19.7 Å². The number of hydrogen-bond acceptors (Lipinski definition) is 5. The Kier molecular flexibility index (Phi) is 2.55. The van der Waals surface area contributed by atoms with E-state index in [2.05, 4.69) is 5.16 Å². The van der Waals surface area contributed by atoms with Gasteiger partial charge in [-0.25, -0.2) is 4.39 Å². The average Bonchev–Trinajstić information content (AvgIpc) is 2.65. The van der Waals surface area contributed by atoms with E-state index in [1.165, 1.54) is 18.2 Å². The SMILES string of the molecule is Nc1cc(-c2cc3c(cc2F)OCCCO3)on1. The second-order valence-electron chi connectivity index (χ2n) is 3.95. The summed E-state index contributed by atoms with van der Waals surface area (Å²) in [6.45, 7) is 1.05. The number of halogens is 1. The first kappa shape index (κ1) is 10.9. The van der Waals surface area contributed by atoms with Crippen LogP contribution < -0.4 is 15.2 Å². The molecule has 1 aliphatic heterocycles. The van der Waals surface area contributed by atoms with E-state index in [9.17, 15) is 4.39 Å². The van der Waals surface area contributed by atoms with Gasteiger partial charge in [0.15, 0.2) is 23.1 Å². The summed E-state index contributed by atoms with van der Waals surface area (Å²) < 4.78 is 29.8. The minimum absolute atomic E-state index is 0.205. The minimum atomic E-state index is -0.463. The van der Waals surface area contributed by atoms with Crippen molar-refractivity contribution in [3.8, 4) is 22.8 Å². The minimum Gasteiger partial charge on any atom is -0.490 e. The normalized spacial score (nSPS) is 14.3. The number of aromatic nitrogens is 1. The van der Waals surface area contributed by atoms with E-state index in [0.29, 0.717) is 24.7 Å². The number of nitrogen functional groups attached to an aromatic ring is 1. The Hall–Kier alpha value is -2.24. The zero-order chi connectivity index (χ0) is 12.5. The summed E-state index contributed by atoms with van der Waals surface area (Å²) in [5.74, 6) is 0.910. The number of benzene rings is 1. The first-order valence-corrected chi connectivity index (χ1v) is 5.56. The molecule has 2 heterocycles. The standard InChI is InChI=1S/C12H11FN2O3/c13-8-5-11-10(16-2-1-3-17-11)4-7(8)9-6-12(14)15-18-9/h4-6H,1-3H2,(H2,14,15). The highest BCUT2D eigenvalue weighted by atomic mass is 19.1. The molecule has 2 N–H and O–H groups in total. The zero-order valence-corrected chi connectivity index (χ0v) is 9.48. The Morgan fingerprint density at radius 2 is 1.83 bits per heavy atom. The lowest BCUT2D eigenvalue weighted by atomic mass is 10.1. The van der Waals surface area contributed by atoms with Crippen molar-refractivity contribution in [1.82, 2.24) is 5.16 Å². The molecular weight excluding hydrogens is 239 g/mol. The van der Waals surface area contributed by atoms with E-state index in [1.807, 2.05) is 0 Å². The molecule has 0 amide bonds. The van der Waals surface area contributed by atoms with Crippen molar-refractivity contribution >= 4 is 5.82 Å². The maximum absolute atomic E-state index is 13.9. The highest BCUT2D eigenvalue weighted by Crippen LogP contribution is 2.36. The maximum atomic E-state index is 13.9. The van der Waals surface area contributed by atoms with E-state index in [1.54, 1.807) is 0 Å². The predicted octanol–water partition coefficient (Wildman–Crippen LogP) is 2.22. The summed E-state index contributed by atoms with van der Waals surface area (Å²) in [4.78, 5) is 0. The lowest BCUT2D eigenvalue weighted by Gasteiger charge is -2.08. The number of anilines is 1. The number of rotatable bonds is 1. The quantitative estimate of drug-likeness (QED) is 0.840. The molecule has 0 unspecified atom stereocenters. The van der Waals surface area contributed by atoms with Crippen molar-refractivity contribution in [1.29, 1.82) is 0 Å². The third-order valence-electron chi connectivity index (χ3n) is 2.63. The van der Waals surface area contributed by atoms with Crippen molar-refractivity contribution in [2.75, 3.05) is 18.9 Å². The van der Waals surface area contributed by atoms with Gasteiger partial charge in [-0.3, -0.25) is 0 Å². The molecule has 94 valence electrons. The van der Waals surface area contributed by atoms with Crippen LogP contribution in [0.1, 0.15) is 6.42 Å². The smallest absolute Gasteiger partial charge is 0.172 e. The van der Waals surface area contributed by atoms with Gasteiger partial charge in [0.05, 0.1) is 18.8 Å². The molecule has 3 rings (SSSR count). The van der Waals surface area contributed by atoms with Crippen LogP contribution in [0.2, 0.25) is 0 Å². The highest BCUT2D eigenvalue weighted by molar-refractivity contribution is 5.65. The summed E-state index contributed by atoms with van der Waals surface area (Å²) in [6, 6.07) is 4.28. The molecule has 0 spiro atoms. The molecule has 0 atom stereocenters. The summed E-state index contributed by atoms with van der Waals surface area (Å²) in [6.07, 6.45) is 0.765. The van der Waals surface area contributed by atoms with Crippen LogP contribution in [0.5, 0.6) is 11.5 Å². The average molecular weight is 250 g/mol. The van der Waals surface area contributed by atoms with Crippen molar-refractivity contribution in [3.63, 3.8) is 0 Å². The van der Waals surface area contributed by atoms with Crippen molar-refractivity contribution in [3.05, 3.63) is 24.0 Å². The van der Waals surface area contributed by atoms with Crippen LogP contribution in [0.25, 0.3) is 11.3 Å². The van der Waals surface area contributed by atoms with Crippen LogP contribution in [0.3, 0.4) is 0 Å². The molecule has 0 saturated carbocycles. The molecule has 0 aliphatic carbocycles. The maximum Gasteiger partial charge on any atom is 0.172 e. The second-order valence-corrected chi connectivity index (χ2v) is 3.95. The largest absolute Gasteiger partial charge is 0.490 e. The van der Waals surface area contributed by atoms with E-state index < -0.39 is 5.82 Å². The van der Waals surface area contributed by atoms with Crippen LogP contribution >= 0.6 is 0 Å². The van der Waals surface area contributed by atoms with Crippen LogP contribution in [-0.2, 0) is 0 Å². The van der Waals surface area contributed by atoms with Crippen LogP contribution in [0.4, 0.5) is 10.2 Å². The van der Waals surface area contributed by atoms with Gasteiger partial charge in [-0.05, 0) is 6.07 Å². The van der Waals surface area contributed by atoms with E-state index >= 15 is 0 Å².